The topological polar surface area (TPSA) is 89.3 Å². The molecule has 3 N–H and O–H groups in total. The number of nitrogens with two attached hydrogens (primary N) is 1. The highest BCUT2D eigenvalue weighted by Gasteiger charge is 2.16. The summed E-state index contributed by atoms with van der Waals surface area (Å²) in [6, 6.07) is 0. The smallest absolute Gasteiger partial charge is 0.274 e. The number of hydrogen-bond donors (Lipinski definition) is 2. The van der Waals surface area contributed by atoms with Gasteiger partial charge < -0.3 is 0 Å². The molecule has 0 aliphatic carbocycles. The summed E-state index contributed by atoms with van der Waals surface area (Å²) < 4.78 is 22.8. The van der Waals surface area contributed by atoms with Crippen LogP contribution in [0.1, 0.15) is 32.1 Å². The fourth-order valence-electron chi connectivity index (χ4n) is 1.43. The Bertz CT molecular complexity index is 325. The molecule has 0 spiro atoms. The van der Waals surface area contributed by atoms with Crippen LogP contribution in [-0.2, 0) is 15.0 Å². The number of carbonyl (C=O) groups excluding carboxylic acids is 1. The van der Waals surface area contributed by atoms with Crippen LogP contribution in [0.15, 0.2) is 0 Å². The number of nitrogens with one attached hydrogen (secondary N) is 1. The van der Waals surface area contributed by atoms with Crippen molar-refractivity contribution in [1.29, 1.82) is 0 Å². The van der Waals surface area contributed by atoms with Gasteiger partial charge >= 0.3 is 0 Å². The number of amides is 1. The molecular formula is C8H16N2O3S3. The minimum Gasteiger partial charge on any atom is -0.274 e. The summed E-state index contributed by atoms with van der Waals surface area (Å²) in [6.07, 6.45) is 4.22. The van der Waals surface area contributed by atoms with Gasteiger partial charge in [-0.3, -0.25) is 4.79 Å². The fraction of sp³-hybridized carbons (Fsp3) is 0.875. The number of carbonyl (C=O) groups is 1. The third-order valence-electron chi connectivity index (χ3n) is 2.16. The van der Waals surface area contributed by atoms with Gasteiger partial charge in [0.15, 0.2) is 0 Å². The van der Waals surface area contributed by atoms with E-state index in [0.29, 0.717) is 11.7 Å². The van der Waals surface area contributed by atoms with E-state index in [1.165, 1.54) is 12.2 Å². The van der Waals surface area contributed by atoms with Gasteiger partial charge in [0.25, 0.3) is 10.2 Å². The van der Waals surface area contributed by atoms with Crippen LogP contribution in [0, 0.1) is 0 Å². The van der Waals surface area contributed by atoms with Crippen LogP contribution in [0.2, 0.25) is 0 Å². The summed E-state index contributed by atoms with van der Waals surface area (Å²) in [5, 5.41) is 5.37. The van der Waals surface area contributed by atoms with E-state index in [1.54, 1.807) is 4.72 Å². The van der Waals surface area contributed by atoms with Crippen molar-refractivity contribution in [2.75, 3.05) is 5.75 Å². The maximum Gasteiger partial charge on any atom is 0.298 e. The van der Waals surface area contributed by atoms with E-state index in [2.05, 4.69) is 5.14 Å². The Hall–Kier alpha value is 0.0800. The summed E-state index contributed by atoms with van der Waals surface area (Å²) >= 11 is 0. The molecule has 5 nitrogen and oxygen atoms in total. The van der Waals surface area contributed by atoms with Crippen molar-refractivity contribution in [2.24, 2.45) is 5.14 Å². The Labute approximate surface area is 104 Å². The minimum atomic E-state index is -3.88. The van der Waals surface area contributed by atoms with Gasteiger partial charge in [0, 0.05) is 17.4 Å². The van der Waals surface area contributed by atoms with E-state index in [4.69, 9.17) is 0 Å². The Morgan fingerprint density at radius 1 is 1.44 bits per heavy atom. The second-order valence-corrected chi connectivity index (χ2v) is 7.73. The first-order valence-corrected chi connectivity index (χ1v) is 9.02. The molecule has 0 radical (unpaired) electrons. The first kappa shape index (κ1) is 14.1. The van der Waals surface area contributed by atoms with Crippen molar-refractivity contribution in [3.05, 3.63) is 0 Å². The molecule has 8 heteroatoms. The van der Waals surface area contributed by atoms with Crippen LogP contribution in [0.5, 0.6) is 0 Å². The lowest BCUT2D eigenvalue weighted by atomic mass is 10.1. The van der Waals surface area contributed by atoms with Crippen molar-refractivity contribution in [3.8, 4) is 0 Å². The molecule has 1 aliphatic heterocycles. The monoisotopic (exact) mass is 284 g/mol. The van der Waals surface area contributed by atoms with Gasteiger partial charge in [-0.2, -0.15) is 8.42 Å². The Morgan fingerprint density at radius 3 is 2.75 bits per heavy atom. The molecular weight excluding hydrogens is 268 g/mol. The van der Waals surface area contributed by atoms with Crippen molar-refractivity contribution in [3.63, 3.8) is 0 Å². The average Bonchev–Trinajstić information content (AvgIpc) is 2.62. The lowest BCUT2D eigenvalue weighted by molar-refractivity contribution is -0.119. The Balaban J connectivity index is 2.04. The second-order valence-electron chi connectivity index (χ2n) is 3.64. The highest BCUT2D eigenvalue weighted by molar-refractivity contribution is 8.77. The number of rotatable bonds is 6. The van der Waals surface area contributed by atoms with Crippen LogP contribution in [0.25, 0.3) is 0 Å². The molecule has 0 bridgehead atoms. The predicted molar refractivity (Wildman–Crippen MR) is 68.2 cm³/mol. The molecule has 0 aromatic heterocycles. The molecule has 1 heterocycles. The van der Waals surface area contributed by atoms with Crippen molar-refractivity contribution < 1.29 is 13.2 Å². The molecule has 1 amide bonds. The molecule has 0 aromatic carbocycles. The molecule has 1 saturated heterocycles. The Kier molecular flexibility index (Phi) is 5.95. The second kappa shape index (κ2) is 6.73. The molecule has 1 atom stereocenters. The van der Waals surface area contributed by atoms with Gasteiger partial charge in [-0.15, -0.1) is 0 Å². The lowest BCUT2D eigenvalue weighted by Crippen LogP contribution is -2.35. The van der Waals surface area contributed by atoms with Crippen LogP contribution >= 0.6 is 21.6 Å². The van der Waals surface area contributed by atoms with E-state index in [9.17, 15) is 13.2 Å². The highest BCUT2D eigenvalue weighted by Crippen LogP contribution is 2.39. The average molecular weight is 284 g/mol. The molecule has 1 rings (SSSR count). The van der Waals surface area contributed by atoms with Gasteiger partial charge in [0.2, 0.25) is 5.91 Å². The van der Waals surface area contributed by atoms with Crippen molar-refractivity contribution in [2.45, 2.75) is 37.4 Å². The molecule has 0 saturated carbocycles. The molecule has 94 valence electrons. The Morgan fingerprint density at radius 2 is 2.19 bits per heavy atom. The summed E-state index contributed by atoms with van der Waals surface area (Å²) in [6.45, 7) is 0. The lowest BCUT2D eigenvalue weighted by Gasteiger charge is -2.06. The molecule has 1 unspecified atom stereocenters. The van der Waals surface area contributed by atoms with E-state index in [1.807, 2.05) is 21.6 Å². The van der Waals surface area contributed by atoms with Crippen LogP contribution in [0.3, 0.4) is 0 Å². The van der Waals surface area contributed by atoms with E-state index in [0.717, 1.165) is 12.8 Å². The van der Waals surface area contributed by atoms with Crippen molar-refractivity contribution in [1.82, 2.24) is 4.72 Å². The zero-order valence-corrected chi connectivity index (χ0v) is 11.3. The zero-order valence-electron chi connectivity index (χ0n) is 8.85. The quantitative estimate of drug-likeness (QED) is 0.561. The molecule has 0 aromatic rings. The van der Waals surface area contributed by atoms with Gasteiger partial charge in [-0.05, 0) is 19.3 Å². The van der Waals surface area contributed by atoms with Gasteiger partial charge in [-0.25, -0.2) is 9.86 Å². The minimum absolute atomic E-state index is 0.223. The van der Waals surface area contributed by atoms with Crippen molar-refractivity contribution >= 4 is 37.7 Å². The standard InChI is InChI=1S/C8H16N2O3S3/c9-16(12,13)10-8(11)4-2-1-3-7-5-6-14-15-7/h7H,1-6H2,(H,10,11)(H2,9,12,13). The maximum absolute atomic E-state index is 11.1. The largest absolute Gasteiger partial charge is 0.298 e. The summed E-state index contributed by atoms with van der Waals surface area (Å²) in [7, 11) is -0.0758. The summed E-state index contributed by atoms with van der Waals surface area (Å²) in [4.78, 5) is 11.1. The summed E-state index contributed by atoms with van der Waals surface area (Å²) in [5.74, 6) is 0.692. The molecule has 1 fully saturated rings. The molecule has 1 aliphatic rings. The number of unbranched alkanes of at least 4 members (excludes halogenated alkanes) is 1. The first-order chi connectivity index (χ1) is 7.47. The van der Waals surface area contributed by atoms with Crippen LogP contribution < -0.4 is 9.86 Å². The van der Waals surface area contributed by atoms with Gasteiger partial charge in [0.1, 0.15) is 0 Å². The third kappa shape index (κ3) is 6.62. The van der Waals surface area contributed by atoms with E-state index < -0.39 is 16.1 Å². The van der Waals surface area contributed by atoms with Gasteiger partial charge in [-0.1, -0.05) is 28.0 Å². The van der Waals surface area contributed by atoms with E-state index in [-0.39, 0.29) is 6.42 Å². The normalized spacial score (nSPS) is 20.9. The summed E-state index contributed by atoms with van der Waals surface area (Å²) in [5.41, 5.74) is 0. The fourth-order valence-corrected chi connectivity index (χ4v) is 4.88. The van der Waals surface area contributed by atoms with Gasteiger partial charge in [0.05, 0.1) is 0 Å². The predicted octanol–water partition coefficient (Wildman–Crippen LogP) is 1.02. The van der Waals surface area contributed by atoms with Crippen LogP contribution in [-0.4, -0.2) is 25.3 Å². The zero-order chi connectivity index (χ0) is 12.0. The molecule has 16 heavy (non-hydrogen) atoms. The SMILES string of the molecule is NS(=O)(=O)NC(=O)CCCCC1CCSS1. The maximum atomic E-state index is 11.1. The third-order valence-corrected chi connectivity index (χ3v) is 5.68. The van der Waals surface area contributed by atoms with Crippen LogP contribution in [0.4, 0.5) is 0 Å². The first-order valence-electron chi connectivity index (χ1n) is 5.09. The van der Waals surface area contributed by atoms with E-state index >= 15 is 0 Å². The highest BCUT2D eigenvalue weighted by atomic mass is 33.1. The number of hydrogen-bond acceptors (Lipinski definition) is 5.